The van der Waals surface area contributed by atoms with Gasteiger partial charge in [0.25, 0.3) is 5.91 Å². The number of carbonyl (C=O) groups is 1. The molecule has 0 spiro atoms. The summed E-state index contributed by atoms with van der Waals surface area (Å²) < 4.78 is 0. The molecule has 2 heterocycles. The molecule has 2 aliphatic rings. The number of fused-ring (bicyclic) bond motifs is 1. The number of hydrazone groups is 1. The van der Waals surface area contributed by atoms with Gasteiger partial charge in [-0.15, -0.1) is 0 Å². The summed E-state index contributed by atoms with van der Waals surface area (Å²) in [6.07, 6.45) is 0.891. The SMILES string of the molecule is CC1CC2C(=O)N(C)N=C2CN1. The third-order valence-corrected chi connectivity index (χ3v) is 2.52. The minimum Gasteiger partial charge on any atom is -0.309 e. The van der Waals surface area contributed by atoms with Crippen molar-refractivity contribution in [3.63, 3.8) is 0 Å². The van der Waals surface area contributed by atoms with Crippen LogP contribution >= 0.6 is 0 Å². The predicted molar refractivity (Wildman–Crippen MR) is 45.8 cm³/mol. The maximum absolute atomic E-state index is 11.5. The Bertz CT molecular complexity index is 249. The predicted octanol–water partition coefficient (Wildman–Crippen LogP) is -0.188. The first-order chi connectivity index (χ1) is 5.68. The molecule has 0 aliphatic carbocycles. The Kier molecular flexibility index (Phi) is 1.65. The van der Waals surface area contributed by atoms with Gasteiger partial charge < -0.3 is 5.32 Å². The van der Waals surface area contributed by atoms with Crippen molar-refractivity contribution in [2.75, 3.05) is 13.6 Å². The third kappa shape index (κ3) is 1.03. The summed E-state index contributed by atoms with van der Waals surface area (Å²) in [7, 11) is 1.72. The van der Waals surface area contributed by atoms with Crippen LogP contribution in [0.5, 0.6) is 0 Å². The van der Waals surface area contributed by atoms with Gasteiger partial charge in [-0.1, -0.05) is 0 Å². The Morgan fingerprint density at radius 2 is 2.42 bits per heavy atom. The lowest BCUT2D eigenvalue weighted by atomic mass is 9.92. The first-order valence-corrected chi connectivity index (χ1v) is 4.27. The van der Waals surface area contributed by atoms with Crippen LogP contribution in [0.15, 0.2) is 5.10 Å². The van der Waals surface area contributed by atoms with Crippen molar-refractivity contribution in [1.82, 2.24) is 10.3 Å². The Labute approximate surface area is 71.6 Å². The maximum Gasteiger partial charge on any atom is 0.251 e. The van der Waals surface area contributed by atoms with Crippen LogP contribution in [0.2, 0.25) is 0 Å². The van der Waals surface area contributed by atoms with Gasteiger partial charge in [0.15, 0.2) is 0 Å². The van der Waals surface area contributed by atoms with Crippen molar-refractivity contribution in [1.29, 1.82) is 0 Å². The van der Waals surface area contributed by atoms with Crippen molar-refractivity contribution < 1.29 is 4.79 Å². The number of nitrogens with one attached hydrogen (secondary N) is 1. The molecule has 12 heavy (non-hydrogen) atoms. The van der Waals surface area contributed by atoms with Crippen LogP contribution in [0.25, 0.3) is 0 Å². The molecular weight excluding hydrogens is 154 g/mol. The van der Waals surface area contributed by atoms with Gasteiger partial charge in [0, 0.05) is 19.6 Å². The fourth-order valence-corrected chi connectivity index (χ4v) is 1.79. The molecule has 0 radical (unpaired) electrons. The minimum atomic E-state index is 0.0613. The highest BCUT2D eigenvalue weighted by molar-refractivity contribution is 6.09. The van der Waals surface area contributed by atoms with Gasteiger partial charge in [-0.3, -0.25) is 4.79 Å². The molecule has 2 aliphatic heterocycles. The molecule has 1 amide bonds. The van der Waals surface area contributed by atoms with E-state index in [-0.39, 0.29) is 11.8 Å². The second kappa shape index (κ2) is 2.55. The summed E-state index contributed by atoms with van der Waals surface area (Å²) >= 11 is 0. The largest absolute Gasteiger partial charge is 0.309 e. The first kappa shape index (κ1) is 7.73. The van der Waals surface area contributed by atoms with E-state index in [1.54, 1.807) is 7.05 Å². The van der Waals surface area contributed by atoms with Crippen LogP contribution in [0.4, 0.5) is 0 Å². The van der Waals surface area contributed by atoms with E-state index in [1.807, 2.05) is 0 Å². The lowest BCUT2D eigenvalue weighted by Crippen LogP contribution is -2.43. The summed E-state index contributed by atoms with van der Waals surface area (Å²) in [6, 6.07) is 0.435. The number of nitrogens with zero attached hydrogens (tertiary/aromatic N) is 2. The smallest absolute Gasteiger partial charge is 0.251 e. The van der Waals surface area contributed by atoms with E-state index in [0.717, 1.165) is 18.7 Å². The van der Waals surface area contributed by atoms with Crippen LogP contribution in [0, 0.1) is 5.92 Å². The normalized spacial score (nSPS) is 35.0. The van der Waals surface area contributed by atoms with Gasteiger partial charge in [0.2, 0.25) is 0 Å². The summed E-state index contributed by atoms with van der Waals surface area (Å²) in [5.74, 6) is 0.213. The van der Waals surface area contributed by atoms with Crippen LogP contribution < -0.4 is 5.32 Å². The molecule has 0 saturated carbocycles. The molecule has 1 N–H and O–H groups in total. The zero-order valence-corrected chi connectivity index (χ0v) is 7.37. The van der Waals surface area contributed by atoms with Gasteiger partial charge in [-0.05, 0) is 13.3 Å². The standard InChI is InChI=1S/C8H13N3O/c1-5-3-6-7(4-9-5)10-11(2)8(6)12/h5-6,9H,3-4H2,1-2H3. The van der Waals surface area contributed by atoms with Gasteiger partial charge in [0.05, 0.1) is 11.6 Å². The lowest BCUT2D eigenvalue weighted by molar-refractivity contribution is -0.130. The fourth-order valence-electron chi connectivity index (χ4n) is 1.79. The minimum absolute atomic E-state index is 0.0613. The summed E-state index contributed by atoms with van der Waals surface area (Å²) in [5, 5.41) is 8.91. The molecule has 1 fully saturated rings. The summed E-state index contributed by atoms with van der Waals surface area (Å²) in [5.41, 5.74) is 1.00. The van der Waals surface area contributed by atoms with Gasteiger partial charge in [-0.25, -0.2) is 5.01 Å². The topological polar surface area (TPSA) is 44.7 Å². The van der Waals surface area contributed by atoms with Gasteiger partial charge in [-0.2, -0.15) is 5.10 Å². The zero-order chi connectivity index (χ0) is 8.72. The first-order valence-electron chi connectivity index (χ1n) is 4.27. The van der Waals surface area contributed by atoms with Crippen molar-refractivity contribution in [3.8, 4) is 0 Å². The Balaban J connectivity index is 2.19. The fraction of sp³-hybridized carbons (Fsp3) is 0.750. The maximum atomic E-state index is 11.5. The van der Waals surface area contributed by atoms with E-state index in [0.29, 0.717) is 6.04 Å². The van der Waals surface area contributed by atoms with Crippen LogP contribution in [0.1, 0.15) is 13.3 Å². The quantitative estimate of drug-likeness (QED) is 0.543. The van der Waals surface area contributed by atoms with E-state index in [2.05, 4.69) is 17.3 Å². The van der Waals surface area contributed by atoms with E-state index < -0.39 is 0 Å². The van der Waals surface area contributed by atoms with Gasteiger partial charge in [0.1, 0.15) is 0 Å². The Morgan fingerprint density at radius 1 is 1.67 bits per heavy atom. The van der Waals surface area contributed by atoms with E-state index in [9.17, 15) is 4.79 Å². The van der Waals surface area contributed by atoms with Crippen LogP contribution in [-0.2, 0) is 4.79 Å². The van der Waals surface area contributed by atoms with Crippen molar-refractivity contribution in [2.45, 2.75) is 19.4 Å². The van der Waals surface area contributed by atoms with Crippen LogP contribution in [0.3, 0.4) is 0 Å². The zero-order valence-electron chi connectivity index (χ0n) is 7.37. The van der Waals surface area contributed by atoms with Crippen molar-refractivity contribution >= 4 is 11.6 Å². The van der Waals surface area contributed by atoms with Crippen LogP contribution in [-0.4, -0.2) is 36.3 Å². The molecule has 1 saturated heterocycles. The number of amides is 1. The monoisotopic (exact) mass is 167 g/mol. The van der Waals surface area contributed by atoms with E-state index >= 15 is 0 Å². The summed E-state index contributed by atoms with van der Waals surface area (Å²) in [4.78, 5) is 11.5. The lowest BCUT2D eigenvalue weighted by Gasteiger charge is -2.23. The summed E-state index contributed by atoms with van der Waals surface area (Å²) in [6.45, 7) is 2.87. The number of piperidine rings is 1. The highest BCUT2D eigenvalue weighted by Crippen LogP contribution is 2.22. The van der Waals surface area contributed by atoms with Crippen molar-refractivity contribution in [2.24, 2.45) is 11.0 Å². The third-order valence-electron chi connectivity index (χ3n) is 2.52. The molecule has 2 rings (SSSR count). The molecule has 4 heteroatoms. The molecule has 4 nitrogen and oxygen atoms in total. The Hall–Kier alpha value is -0.900. The molecule has 2 atom stereocenters. The molecule has 0 aromatic rings. The second-order valence-corrected chi connectivity index (χ2v) is 3.52. The molecule has 2 unspecified atom stereocenters. The van der Waals surface area contributed by atoms with E-state index in [4.69, 9.17) is 0 Å². The highest BCUT2D eigenvalue weighted by atomic mass is 16.2. The number of hydrogen-bond acceptors (Lipinski definition) is 3. The Morgan fingerprint density at radius 3 is 3.17 bits per heavy atom. The second-order valence-electron chi connectivity index (χ2n) is 3.52. The molecule has 0 aromatic heterocycles. The number of rotatable bonds is 0. The molecule has 66 valence electrons. The average molecular weight is 167 g/mol. The van der Waals surface area contributed by atoms with E-state index in [1.165, 1.54) is 5.01 Å². The molecule has 0 bridgehead atoms. The number of hydrogen-bond donors (Lipinski definition) is 1. The van der Waals surface area contributed by atoms with Crippen molar-refractivity contribution in [3.05, 3.63) is 0 Å². The molecule has 0 aromatic carbocycles. The number of carbonyl (C=O) groups excluding carboxylic acids is 1. The highest BCUT2D eigenvalue weighted by Gasteiger charge is 2.37. The molecular formula is C8H13N3O. The van der Waals surface area contributed by atoms with Gasteiger partial charge >= 0.3 is 0 Å². The average Bonchev–Trinajstić information content (AvgIpc) is 2.31.